The predicted octanol–water partition coefficient (Wildman–Crippen LogP) is 4.55. The monoisotopic (exact) mass is 510 g/mol. The fourth-order valence-corrected chi connectivity index (χ4v) is 5.69. The molecule has 0 aliphatic carbocycles. The van der Waals surface area contributed by atoms with Gasteiger partial charge in [-0.3, -0.25) is 18.8 Å². The van der Waals surface area contributed by atoms with Crippen LogP contribution in [0.5, 0.6) is 0 Å². The number of esters is 2. The number of aryl methyl sites for hydroxylation is 1. The first kappa shape index (κ1) is 29.0. The summed E-state index contributed by atoms with van der Waals surface area (Å²) in [6, 6.07) is 9.46. The minimum Gasteiger partial charge on any atom is -0.438 e. The Kier molecular flexibility index (Phi) is 11.4. The Labute approximate surface area is 208 Å². The van der Waals surface area contributed by atoms with Gasteiger partial charge in [0.15, 0.2) is 6.79 Å². The van der Waals surface area contributed by atoms with E-state index in [9.17, 15) is 18.9 Å². The molecule has 1 aromatic carbocycles. The summed E-state index contributed by atoms with van der Waals surface area (Å²) in [5.41, 5.74) is 0.455. The average molecular weight is 511 g/mol. The molecule has 1 saturated heterocycles. The van der Waals surface area contributed by atoms with Crippen molar-refractivity contribution >= 4 is 25.4 Å². The summed E-state index contributed by atoms with van der Waals surface area (Å²) in [7, 11) is -3.42. The van der Waals surface area contributed by atoms with E-state index < -0.39 is 43.7 Å². The smallest absolute Gasteiger partial charge is 0.418 e. The van der Waals surface area contributed by atoms with Crippen molar-refractivity contribution < 1.29 is 32.9 Å². The van der Waals surface area contributed by atoms with Crippen molar-refractivity contribution in [2.24, 2.45) is 5.41 Å². The summed E-state index contributed by atoms with van der Waals surface area (Å²) >= 11 is 0. The van der Waals surface area contributed by atoms with E-state index in [-0.39, 0.29) is 19.0 Å². The third-order valence-electron chi connectivity index (χ3n) is 5.71. The van der Waals surface area contributed by atoms with Crippen molar-refractivity contribution in [1.82, 2.24) is 10.2 Å². The molecular formula is C25H39N2O7P. The Morgan fingerprint density at radius 1 is 1.14 bits per heavy atom. The van der Waals surface area contributed by atoms with Crippen LogP contribution in [0, 0.1) is 5.41 Å². The standard InChI is InChI=1S/C25H39N2O7P/c1-5-27(24(30)34-22(28)21-15-11-16-26-21)18-35(31,33-19-32-23(29)25(2,3)4)17-10-9-14-20-12-7-6-8-13-20/h6-8,12-13,21,26H,5,9-11,14-19H2,1-4H3/t21-,35?/m0/s1. The van der Waals surface area contributed by atoms with Gasteiger partial charge in [-0.2, -0.15) is 0 Å². The Hall–Kier alpha value is -2.22. The molecule has 0 aromatic heterocycles. The Morgan fingerprint density at radius 2 is 1.86 bits per heavy atom. The summed E-state index contributed by atoms with van der Waals surface area (Å²) in [6.07, 6.45) is 2.76. The van der Waals surface area contributed by atoms with Crippen LogP contribution in [0.3, 0.4) is 0 Å². The van der Waals surface area contributed by atoms with Crippen molar-refractivity contribution in [2.75, 3.05) is 32.3 Å². The summed E-state index contributed by atoms with van der Waals surface area (Å²) in [4.78, 5) is 38.2. The highest BCUT2D eigenvalue weighted by Gasteiger charge is 2.33. The van der Waals surface area contributed by atoms with E-state index >= 15 is 0 Å². The Bertz CT molecular complexity index is 880. The number of nitrogens with one attached hydrogen (secondary N) is 1. The SMILES string of the molecule is CCN(CP(=O)(CCCCc1ccccc1)OCOC(=O)C(C)(C)C)C(=O)OC(=O)[C@@H]1CCCN1. The lowest BCUT2D eigenvalue weighted by Gasteiger charge is -2.27. The number of carbonyl (C=O) groups excluding carboxylic acids is 3. The van der Waals surface area contributed by atoms with Crippen molar-refractivity contribution in [1.29, 1.82) is 0 Å². The van der Waals surface area contributed by atoms with Gasteiger partial charge in [-0.05, 0) is 71.9 Å². The molecule has 196 valence electrons. The molecule has 10 heteroatoms. The summed E-state index contributed by atoms with van der Waals surface area (Å²) in [5.74, 6) is -1.11. The number of benzene rings is 1. The van der Waals surface area contributed by atoms with E-state index in [0.29, 0.717) is 19.4 Å². The summed E-state index contributed by atoms with van der Waals surface area (Å²) < 4.78 is 29.5. The maximum atomic E-state index is 13.7. The molecule has 1 N–H and O–H groups in total. The molecule has 1 heterocycles. The largest absolute Gasteiger partial charge is 0.438 e. The molecule has 1 aliphatic heterocycles. The lowest BCUT2D eigenvalue weighted by molar-refractivity contribution is -0.159. The van der Waals surface area contributed by atoms with Crippen molar-refractivity contribution in [3.8, 4) is 0 Å². The lowest BCUT2D eigenvalue weighted by atomic mass is 9.98. The van der Waals surface area contributed by atoms with Crippen LogP contribution < -0.4 is 5.32 Å². The lowest BCUT2D eigenvalue weighted by Crippen LogP contribution is -2.39. The van der Waals surface area contributed by atoms with E-state index in [0.717, 1.165) is 19.3 Å². The molecule has 0 spiro atoms. The molecule has 0 bridgehead atoms. The fourth-order valence-electron chi connectivity index (χ4n) is 3.55. The zero-order valence-electron chi connectivity index (χ0n) is 21.3. The zero-order chi connectivity index (χ0) is 25.9. The molecule has 1 unspecified atom stereocenters. The minimum atomic E-state index is -3.42. The predicted molar refractivity (Wildman–Crippen MR) is 133 cm³/mol. The van der Waals surface area contributed by atoms with E-state index in [4.69, 9.17) is 14.0 Å². The minimum absolute atomic E-state index is 0.184. The van der Waals surface area contributed by atoms with Gasteiger partial charge >= 0.3 is 18.0 Å². The van der Waals surface area contributed by atoms with Gasteiger partial charge in [0, 0.05) is 12.7 Å². The number of hydrogen-bond acceptors (Lipinski definition) is 8. The third-order valence-corrected chi connectivity index (χ3v) is 8.05. The van der Waals surface area contributed by atoms with Crippen LogP contribution in [-0.2, 0) is 34.6 Å². The van der Waals surface area contributed by atoms with E-state index in [1.807, 2.05) is 30.3 Å². The van der Waals surface area contributed by atoms with Gasteiger partial charge in [-0.25, -0.2) is 9.59 Å². The number of amides is 1. The molecular weight excluding hydrogens is 471 g/mol. The van der Waals surface area contributed by atoms with Gasteiger partial charge in [-0.15, -0.1) is 0 Å². The first-order chi connectivity index (χ1) is 16.5. The zero-order valence-corrected chi connectivity index (χ0v) is 22.2. The van der Waals surface area contributed by atoms with Crippen LogP contribution in [0.25, 0.3) is 0 Å². The van der Waals surface area contributed by atoms with Gasteiger partial charge in [0.05, 0.1) is 5.41 Å². The van der Waals surface area contributed by atoms with E-state index in [1.165, 1.54) is 10.5 Å². The van der Waals surface area contributed by atoms with Crippen molar-refractivity contribution in [2.45, 2.75) is 65.8 Å². The van der Waals surface area contributed by atoms with Gasteiger partial charge in [0.1, 0.15) is 12.3 Å². The third kappa shape index (κ3) is 10.1. The average Bonchev–Trinajstić information content (AvgIpc) is 3.36. The number of hydrogen-bond donors (Lipinski definition) is 1. The number of unbranched alkanes of at least 4 members (excludes halogenated alkanes) is 1. The first-order valence-corrected chi connectivity index (χ1v) is 14.2. The molecule has 9 nitrogen and oxygen atoms in total. The maximum Gasteiger partial charge on any atom is 0.418 e. The van der Waals surface area contributed by atoms with Crippen LogP contribution in [0.2, 0.25) is 0 Å². The Morgan fingerprint density at radius 3 is 2.46 bits per heavy atom. The van der Waals surface area contributed by atoms with Crippen LogP contribution in [0.1, 0.15) is 58.9 Å². The molecule has 1 amide bonds. The number of ether oxygens (including phenoxy) is 2. The van der Waals surface area contributed by atoms with Crippen LogP contribution in [0.15, 0.2) is 30.3 Å². The molecule has 1 aliphatic rings. The summed E-state index contributed by atoms with van der Waals surface area (Å²) in [5, 5.41) is 2.99. The maximum absolute atomic E-state index is 13.7. The normalized spacial score (nSPS) is 17.4. The molecule has 1 aromatic rings. The quantitative estimate of drug-likeness (QED) is 0.143. The second-order valence-electron chi connectivity index (χ2n) is 9.74. The van der Waals surface area contributed by atoms with Gasteiger partial charge in [-0.1, -0.05) is 30.3 Å². The number of carbonyl (C=O) groups is 3. The van der Waals surface area contributed by atoms with Gasteiger partial charge in [0.25, 0.3) is 0 Å². The van der Waals surface area contributed by atoms with E-state index in [1.54, 1.807) is 27.7 Å². The van der Waals surface area contributed by atoms with Crippen molar-refractivity contribution in [3.63, 3.8) is 0 Å². The highest BCUT2D eigenvalue weighted by Crippen LogP contribution is 2.48. The fraction of sp³-hybridized carbons (Fsp3) is 0.640. The van der Waals surface area contributed by atoms with E-state index in [2.05, 4.69) is 5.32 Å². The van der Waals surface area contributed by atoms with Crippen LogP contribution >= 0.6 is 7.37 Å². The Balaban J connectivity index is 1.98. The molecule has 35 heavy (non-hydrogen) atoms. The molecule has 2 rings (SSSR count). The molecule has 1 fully saturated rings. The molecule has 2 atom stereocenters. The second-order valence-corrected chi connectivity index (χ2v) is 12.4. The van der Waals surface area contributed by atoms with Crippen LogP contribution in [-0.4, -0.2) is 61.3 Å². The number of nitrogens with zero attached hydrogens (tertiary/aromatic N) is 1. The van der Waals surface area contributed by atoms with Gasteiger partial charge in [0.2, 0.25) is 7.37 Å². The topological polar surface area (TPSA) is 111 Å². The van der Waals surface area contributed by atoms with Crippen molar-refractivity contribution in [3.05, 3.63) is 35.9 Å². The van der Waals surface area contributed by atoms with Gasteiger partial charge < -0.3 is 14.8 Å². The van der Waals surface area contributed by atoms with Crippen LogP contribution in [0.4, 0.5) is 4.79 Å². The molecule has 0 saturated carbocycles. The summed E-state index contributed by atoms with van der Waals surface area (Å²) in [6.45, 7) is 7.26. The highest BCUT2D eigenvalue weighted by molar-refractivity contribution is 7.58. The second kappa shape index (κ2) is 13.8. The number of rotatable bonds is 12. The highest BCUT2D eigenvalue weighted by atomic mass is 31.2. The molecule has 0 radical (unpaired) electrons. The first-order valence-electron chi connectivity index (χ1n) is 12.2.